The lowest BCUT2D eigenvalue weighted by molar-refractivity contribution is 0.0844. The van der Waals surface area contributed by atoms with Gasteiger partial charge in [-0.15, -0.1) is 0 Å². The summed E-state index contributed by atoms with van der Waals surface area (Å²) < 4.78 is 25.3. The highest BCUT2D eigenvalue weighted by molar-refractivity contribution is 5.35. The fourth-order valence-electron chi connectivity index (χ4n) is 2.88. The average Bonchev–Trinajstić information content (AvgIpc) is 2.56. The van der Waals surface area contributed by atoms with Crippen molar-refractivity contribution < 1.29 is 13.9 Å². The number of hydrogen-bond acceptors (Lipinski definition) is 3. The fourth-order valence-corrected chi connectivity index (χ4v) is 2.88. The highest BCUT2D eigenvalue weighted by Crippen LogP contribution is 2.30. The number of aromatic nitrogens is 1. The van der Waals surface area contributed by atoms with E-state index in [0.29, 0.717) is 23.0 Å². The van der Waals surface area contributed by atoms with Crippen LogP contribution < -0.4 is 4.74 Å². The fraction of sp³-hybridized carbons (Fsp3) is 0.421. The Balaban J connectivity index is 1.76. The average molecular weight is 315 g/mol. The van der Waals surface area contributed by atoms with Crippen molar-refractivity contribution in [2.75, 3.05) is 13.2 Å². The SMILES string of the molecule is CC(C)c1ccc(Oc2ccnc(C3CCOCC3)c2)cc1F. The molecule has 2 aromatic rings. The molecular weight excluding hydrogens is 293 g/mol. The Hall–Kier alpha value is -1.94. The van der Waals surface area contributed by atoms with E-state index >= 15 is 0 Å². The first-order valence-electron chi connectivity index (χ1n) is 8.14. The first-order valence-corrected chi connectivity index (χ1v) is 8.14. The van der Waals surface area contributed by atoms with Gasteiger partial charge < -0.3 is 9.47 Å². The standard InChI is InChI=1S/C19H22FNO2/c1-13(2)17-4-3-15(11-18(17)20)23-16-5-8-21-19(12-16)14-6-9-22-10-7-14/h3-5,8,11-14H,6-7,9-10H2,1-2H3. The van der Waals surface area contributed by atoms with Crippen LogP contribution in [0.2, 0.25) is 0 Å². The van der Waals surface area contributed by atoms with Crippen LogP contribution in [0.3, 0.4) is 0 Å². The molecule has 0 radical (unpaired) electrons. The van der Waals surface area contributed by atoms with Crippen LogP contribution in [0.5, 0.6) is 11.5 Å². The second-order valence-electron chi connectivity index (χ2n) is 6.24. The van der Waals surface area contributed by atoms with Crippen LogP contribution in [0.4, 0.5) is 4.39 Å². The maximum Gasteiger partial charge on any atom is 0.130 e. The summed E-state index contributed by atoms with van der Waals surface area (Å²) in [6.07, 6.45) is 3.71. The molecule has 0 saturated carbocycles. The third kappa shape index (κ3) is 3.88. The number of ether oxygens (including phenoxy) is 2. The van der Waals surface area contributed by atoms with E-state index in [0.717, 1.165) is 31.7 Å². The molecule has 3 rings (SSSR count). The second-order valence-corrected chi connectivity index (χ2v) is 6.24. The highest BCUT2D eigenvalue weighted by Gasteiger charge is 2.17. The molecule has 1 aliphatic heterocycles. The summed E-state index contributed by atoms with van der Waals surface area (Å²) >= 11 is 0. The first-order chi connectivity index (χ1) is 11.1. The Labute approximate surface area is 136 Å². The van der Waals surface area contributed by atoms with Crippen molar-refractivity contribution in [2.45, 2.75) is 38.5 Å². The summed E-state index contributed by atoms with van der Waals surface area (Å²) in [7, 11) is 0. The molecule has 1 aromatic carbocycles. The largest absolute Gasteiger partial charge is 0.457 e. The van der Waals surface area contributed by atoms with Gasteiger partial charge in [-0.25, -0.2) is 4.39 Å². The van der Waals surface area contributed by atoms with Crippen LogP contribution in [0, 0.1) is 5.82 Å². The molecule has 0 N–H and O–H groups in total. The molecule has 1 aromatic heterocycles. The second kappa shape index (κ2) is 7.09. The highest BCUT2D eigenvalue weighted by atomic mass is 19.1. The predicted octanol–water partition coefficient (Wildman–Crippen LogP) is 5.03. The molecule has 0 bridgehead atoms. The van der Waals surface area contributed by atoms with Crippen molar-refractivity contribution in [2.24, 2.45) is 0 Å². The number of pyridine rings is 1. The Morgan fingerprint density at radius 2 is 1.87 bits per heavy atom. The molecule has 0 amide bonds. The lowest BCUT2D eigenvalue weighted by atomic mass is 9.96. The lowest BCUT2D eigenvalue weighted by Crippen LogP contribution is -2.15. The molecule has 1 aliphatic rings. The van der Waals surface area contributed by atoms with E-state index in [1.807, 2.05) is 26.0 Å². The van der Waals surface area contributed by atoms with Gasteiger partial charge in [0, 0.05) is 43.2 Å². The van der Waals surface area contributed by atoms with Gasteiger partial charge in [-0.3, -0.25) is 4.98 Å². The van der Waals surface area contributed by atoms with Crippen molar-refractivity contribution in [1.29, 1.82) is 0 Å². The first kappa shape index (κ1) is 15.9. The Bertz CT molecular complexity index is 666. The van der Waals surface area contributed by atoms with Gasteiger partial charge >= 0.3 is 0 Å². The number of halogens is 1. The van der Waals surface area contributed by atoms with E-state index in [1.165, 1.54) is 6.07 Å². The van der Waals surface area contributed by atoms with Crippen molar-refractivity contribution >= 4 is 0 Å². The summed E-state index contributed by atoms with van der Waals surface area (Å²) in [5.41, 5.74) is 1.72. The van der Waals surface area contributed by atoms with Gasteiger partial charge in [-0.2, -0.15) is 0 Å². The summed E-state index contributed by atoms with van der Waals surface area (Å²) in [5, 5.41) is 0. The van der Waals surface area contributed by atoms with E-state index < -0.39 is 0 Å². The number of hydrogen-bond donors (Lipinski definition) is 0. The van der Waals surface area contributed by atoms with E-state index in [4.69, 9.17) is 9.47 Å². The van der Waals surface area contributed by atoms with Gasteiger partial charge in [0.2, 0.25) is 0 Å². The molecule has 4 heteroatoms. The molecule has 23 heavy (non-hydrogen) atoms. The van der Waals surface area contributed by atoms with Crippen molar-refractivity contribution in [3.63, 3.8) is 0 Å². The van der Waals surface area contributed by atoms with Crippen LogP contribution in [-0.4, -0.2) is 18.2 Å². The van der Waals surface area contributed by atoms with Crippen LogP contribution in [0.1, 0.15) is 49.8 Å². The van der Waals surface area contributed by atoms with Crippen LogP contribution >= 0.6 is 0 Å². The zero-order chi connectivity index (χ0) is 16.2. The minimum Gasteiger partial charge on any atom is -0.457 e. The van der Waals surface area contributed by atoms with Crippen LogP contribution in [0.15, 0.2) is 36.5 Å². The topological polar surface area (TPSA) is 31.4 Å². The lowest BCUT2D eigenvalue weighted by Gasteiger charge is -2.21. The molecule has 2 heterocycles. The molecule has 0 spiro atoms. The zero-order valence-electron chi connectivity index (χ0n) is 13.6. The summed E-state index contributed by atoms with van der Waals surface area (Å²) in [5.74, 6) is 1.54. The number of nitrogens with zero attached hydrogens (tertiary/aromatic N) is 1. The normalized spacial score (nSPS) is 15.8. The molecule has 0 aliphatic carbocycles. The van der Waals surface area contributed by atoms with Crippen molar-refractivity contribution in [3.8, 4) is 11.5 Å². The van der Waals surface area contributed by atoms with Crippen LogP contribution in [-0.2, 0) is 4.74 Å². The smallest absolute Gasteiger partial charge is 0.130 e. The quantitative estimate of drug-likeness (QED) is 0.793. The number of rotatable bonds is 4. The Kier molecular flexibility index (Phi) is 4.91. The van der Waals surface area contributed by atoms with E-state index in [1.54, 1.807) is 18.3 Å². The molecule has 1 saturated heterocycles. The molecular formula is C19H22FNO2. The predicted molar refractivity (Wildman–Crippen MR) is 87.6 cm³/mol. The molecule has 3 nitrogen and oxygen atoms in total. The minimum atomic E-state index is -0.226. The van der Waals surface area contributed by atoms with E-state index in [9.17, 15) is 4.39 Å². The molecule has 0 atom stereocenters. The van der Waals surface area contributed by atoms with Gasteiger partial charge in [-0.05, 0) is 36.5 Å². The maximum atomic E-state index is 14.1. The van der Waals surface area contributed by atoms with E-state index in [-0.39, 0.29) is 11.7 Å². The monoisotopic (exact) mass is 315 g/mol. The summed E-state index contributed by atoms with van der Waals surface area (Å²) in [6, 6.07) is 8.80. The molecule has 0 unspecified atom stereocenters. The van der Waals surface area contributed by atoms with Crippen molar-refractivity contribution in [1.82, 2.24) is 4.98 Å². The third-order valence-corrected chi connectivity index (χ3v) is 4.22. The minimum absolute atomic E-state index is 0.157. The van der Waals surface area contributed by atoms with Gasteiger partial charge in [0.15, 0.2) is 0 Å². The van der Waals surface area contributed by atoms with Crippen LogP contribution in [0.25, 0.3) is 0 Å². The van der Waals surface area contributed by atoms with Gasteiger partial charge in [-0.1, -0.05) is 19.9 Å². The Morgan fingerprint density at radius 3 is 2.57 bits per heavy atom. The van der Waals surface area contributed by atoms with E-state index in [2.05, 4.69) is 4.98 Å². The van der Waals surface area contributed by atoms with Gasteiger partial charge in [0.25, 0.3) is 0 Å². The third-order valence-electron chi connectivity index (χ3n) is 4.22. The molecule has 122 valence electrons. The molecule has 1 fully saturated rings. The summed E-state index contributed by atoms with van der Waals surface area (Å²) in [6.45, 7) is 5.50. The summed E-state index contributed by atoms with van der Waals surface area (Å²) in [4.78, 5) is 4.45. The maximum absolute atomic E-state index is 14.1. The zero-order valence-corrected chi connectivity index (χ0v) is 13.6. The van der Waals surface area contributed by atoms with Gasteiger partial charge in [0.1, 0.15) is 17.3 Å². The number of benzene rings is 1. The van der Waals surface area contributed by atoms with Gasteiger partial charge in [0.05, 0.1) is 0 Å². The van der Waals surface area contributed by atoms with Crippen molar-refractivity contribution in [3.05, 3.63) is 53.6 Å². The Morgan fingerprint density at radius 1 is 1.13 bits per heavy atom.